The van der Waals surface area contributed by atoms with Gasteiger partial charge in [-0.1, -0.05) is 6.92 Å². The molecule has 0 aliphatic carbocycles. The van der Waals surface area contributed by atoms with Crippen molar-refractivity contribution in [2.24, 2.45) is 5.14 Å². The monoisotopic (exact) mass is 288 g/mol. The van der Waals surface area contributed by atoms with E-state index in [0.717, 1.165) is 12.5 Å². The molecule has 0 aromatic heterocycles. The van der Waals surface area contributed by atoms with Crippen LogP contribution in [0.1, 0.15) is 36.2 Å². The summed E-state index contributed by atoms with van der Waals surface area (Å²) in [6.07, 6.45) is 0.730. The number of primary sulfonamides is 1. The summed E-state index contributed by atoms with van der Waals surface area (Å²) in [6.45, 7) is 5.09. The molecule has 0 aliphatic heterocycles. The Bertz CT molecular complexity index is 599. The van der Waals surface area contributed by atoms with E-state index in [1.165, 1.54) is 13.0 Å². The minimum Gasteiger partial charge on any atom is -0.350 e. The van der Waals surface area contributed by atoms with E-state index < -0.39 is 26.6 Å². The number of halogens is 1. The fraction of sp³-hybridized carbons (Fsp3) is 0.417. The van der Waals surface area contributed by atoms with Crippen molar-refractivity contribution in [1.29, 1.82) is 0 Å². The molecule has 1 atom stereocenters. The van der Waals surface area contributed by atoms with Gasteiger partial charge in [0.1, 0.15) is 10.7 Å². The van der Waals surface area contributed by atoms with Gasteiger partial charge in [-0.15, -0.1) is 0 Å². The molecule has 0 aliphatic rings. The Morgan fingerprint density at radius 1 is 1.47 bits per heavy atom. The Morgan fingerprint density at radius 2 is 2.05 bits per heavy atom. The van der Waals surface area contributed by atoms with E-state index >= 15 is 0 Å². The first-order valence-electron chi connectivity index (χ1n) is 5.80. The van der Waals surface area contributed by atoms with Crippen LogP contribution >= 0.6 is 0 Å². The fourth-order valence-electron chi connectivity index (χ4n) is 1.48. The van der Waals surface area contributed by atoms with Crippen LogP contribution in [-0.2, 0) is 10.0 Å². The number of hydrogen-bond donors (Lipinski definition) is 2. The lowest BCUT2D eigenvalue weighted by molar-refractivity contribution is 0.0939. The van der Waals surface area contributed by atoms with Crippen LogP contribution in [0.5, 0.6) is 0 Å². The number of nitrogens with one attached hydrogen (secondary N) is 1. The molecule has 3 N–H and O–H groups in total. The summed E-state index contributed by atoms with van der Waals surface area (Å²) in [4.78, 5) is 11.2. The smallest absolute Gasteiger partial charge is 0.251 e. The number of carbonyl (C=O) groups is 1. The summed E-state index contributed by atoms with van der Waals surface area (Å²) >= 11 is 0. The van der Waals surface area contributed by atoms with Crippen molar-refractivity contribution in [3.8, 4) is 0 Å². The normalized spacial score (nSPS) is 13.1. The van der Waals surface area contributed by atoms with Gasteiger partial charge >= 0.3 is 0 Å². The lowest BCUT2D eigenvalue weighted by atomic mass is 10.1. The van der Waals surface area contributed by atoms with E-state index in [1.807, 2.05) is 13.8 Å². The zero-order valence-electron chi connectivity index (χ0n) is 11.0. The zero-order chi connectivity index (χ0) is 14.8. The van der Waals surface area contributed by atoms with Gasteiger partial charge in [0.15, 0.2) is 0 Å². The number of amides is 1. The zero-order valence-corrected chi connectivity index (χ0v) is 11.8. The highest BCUT2D eigenvalue weighted by atomic mass is 32.2. The summed E-state index contributed by atoms with van der Waals surface area (Å²) in [7, 11) is -4.20. The largest absolute Gasteiger partial charge is 0.350 e. The van der Waals surface area contributed by atoms with Crippen molar-refractivity contribution in [1.82, 2.24) is 5.32 Å². The fourth-order valence-corrected chi connectivity index (χ4v) is 2.19. The number of carbonyl (C=O) groups excluding carboxylic acids is 1. The molecule has 0 saturated carbocycles. The van der Waals surface area contributed by atoms with Gasteiger partial charge in [0, 0.05) is 11.6 Å². The molecular weight excluding hydrogens is 271 g/mol. The Balaban J connectivity index is 3.25. The predicted octanol–water partition coefficient (Wildman–Crippen LogP) is 1.31. The average Bonchev–Trinajstić information content (AvgIpc) is 2.30. The van der Waals surface area contributed by atoms with Gasteiger partial charge in [0.25, 0.3) is 5.91 Å². The van der Waals surface area contributed by atoms with E-state index in [2.05, 4.69) is 5.32 Å². The quantitative estimate of drug-likeness (QED) is 0.875. The van der Waals surface area contributed by atoms with Crippen LogP contribution in [0.2, 0.25) is 0 Å². The molecule has 0 spiro atoms. The highest BCUT2D eigenvalue weighted by Crippen LogP contribution is 2.19. The number of aryl methyl sites for hydroxylation is 1. The standard InChI is InChI=1S/C12H17FN2O3S/c1-4-8(3)15-12(16)9-5-7(2)11(13)10(6-9)19(14,17)18/h5-6,8H,4H2,1-3H3,(H,15,16)(H2,14,17,18). The number of sulfonamides is 1. The van der Waals surface area contributed by atoms with E-state index in [0.29, 0.717) is 0 Å². The molecule has 0 saturated heterocycles. The second-order valence-corrected chi connectivity index (χ2v) is 5.96. The van der Waals surface area contributed by atoms with Crippen molar-refractivity contribution in [2.45, 2.75) is 38.1 Å². The van der Waals surface area contributed by atoms with Crippen molar-refractivity contribution < 1.29 is 17.6 Å². The van der Waals surface area contributed by atoms with Crippen LogP contribution in [0.3, 0.4) is 0 Å². The topological polar surface area (TPSA) is 89.3 Å². The third kappa shape index (κ3) is 3.74. The van der Waals surface area contributed by atoms with Crippen LogP contribution in [0.15, 0.2) is 17.0 Å². The first kappa shape index (κ1) is 15.6. The first-order chi connectivity index (χ1) is 8.66. The molecule has 106 valence electrons. The summed E-state index contributed by atoms with van der Waals surface area (Å²) in [6, 6.07) is 2.19. The minimum absolute atomic E-state index is 0.0563. The Kier molecular flexibility index (Phi) is 4.65. The van der Waals surface area contributed by atoms with Crippen LogP contribution in [0.25, 0.3) is 0 Å². The van der Waals surface area contributed by atoms with Crippen molar-refractivity contribution in [2.75, 3.05) is 0 Å². The molecule has 1 amide bonds. The van der Waals surface area contributed by atoms with Crippen LogP contribution in [-0.4, -0.2) is 20.4 Å². The molecule has 0 radical (unpaired) electrons. The Hall–Kier alpha value is -1.47. The molecule has 0 bridgehead atoms. The molecule has 5 nitrogen and oxygen atoms in total. The molecule has 1 unspecified atom stereocenters. The van der Waals surface area contributed by atoms with Gasteiger partial charge in [-0.3, -0.25) is 4.79 Å². The summed E-state index contributed by atoms with van der Waals surface area (Å²) in [5, 5.41) is 7.60. The Labute approximate surface area is 112 Å². The summed E-state index contributed by atoms with van der Waals surface area (Å²) in [5.41, 5.74) is 0.129. The average molecular weight is 288 g/mol. The van der Waals surface area contributed by atoms with E-state index in [-0.39, 0.29) is 17.2 Å². The molecule has 1 aromatic carbocycles. The summed E-state index contributed by atoms with van der Waals surface area (Å²) < 4.78 is 36.2. The predicted molar refractivity (Wildman–Crippen MR) is 69.7 cm³/mol. The Morgan fingerprint density at radius 3 is 2.53 bits per heavy atom. The third-order valence-electron chi connectivity index (χ3n) is 2.78. The number of rotatable bonds is 4. The highest BCUT2D eigenvalue weighted by molar-refractivity contribution is 7.89. The molecule has 1 aromatic rings. The molecule has 19 heavy (non-hydrogen) atoms. The van der Waals surface area contributed by atoms with Crippen LogP contribution in [0, 0.1) is 12.7 Å². The second kappa shape index (κ2) is 5.66. The number of nitrogens with two attached hydrogens (primary N) is 1. The van der Waals surface area contributed by atoms with Gasteiger partial charge < -0.3 is 5.32 Å². The molecular formula is C12H17FN2O3S. The van der Waals surface area contributed by atoms with Crippen molar-refractivity contribution in [3.05, 3.63) is 29.1 Å². The van der Waals surface area contributed by atoms with Crippen LogP contribution < -0.4 is 10.5 Å². The number of hydrogen-bond acceptors (Lipinski definition) is 3. The van der Waals surface area contributed by atoms with E-state index in [4.69, 9.17) is 5.14 Å². The SMILES string of the molecule is CCC(C)NC(=O)c1cc(C)c(F)c(S(N)(=O)=O)c1. The maximum absolute atomic E-state index is 13.7. The maximum Gasteiger partial charge on any atom is 0.251 e. The molecule has 0 fully saturated rings. The van der Waals surface area contributed by atoms with Gasteiger partial charge in [0.05, 0.1) is 0 Å². The maximum atomic E-state index is 13.7. The van der Waals surface area contributed by atoms with Crippen LogP contribution in [0.4, 0.5) is 4.39 Å². The molecule has 7 heteroatoms. The van der Waals surface area contributed by atoms with Gasteiger partial charge in [-0.25, -0.2) is 17.9 Å². The molecule has 1 rings (SSSR count). The van der Waals surface area contributed by atoms with Gasteiger partial charge in [0.2, 0.25) is 10.0 Å². The second-order valence-electron chi connectivity index (χ2n) is 4.43. The highest BCUT2D eigenvalue weighted by Gasteiger charge is 2.20. The number of benzene rings is 1. The lowest BCUT2D eigenvalue weighted by Crippen LogP contribution is -2.32. The van der Waals surface area contributed by atoms with Gasteiger partial charge in [-0.2, -0.15) is 0 Å². The van der Waals surface area contributed by atoms with Crippen molar-refractivity contribution >= 4 is 15.9 Å². The first-order valence-corrected chi connectivity index (χ1v) is 7.35. The van der Waals surface area contributed by atoms with E-state index in [9.17, 15) is 17.6 Å². The molecule has 0 heterocycles. The van der Waals surface area contributed by atoms with Crippen molar-refractivity contribution in [3.63, 3.8) is 0 Å². The van der Waals surface area contributed by atoms with E-state index in [1.54, 1.807) is 0 Å². The lowest BCUT2D eigenvalue weighted by Gasteiger charge is -2.13. The minimum atomic E-state index is -4.20. The summed E-state index contributed by atoms with van der Waals surface area (Å²) in [5.74, 6) is -1.38. The van der Waals surface area contributed by atoms with Gasteiger partial charge in [-0.05, 0) is 38.0 Å². The third-order valence-corrected chi connectivity index (χ3v) is 3.69.